The van der Waals surface area contributed by atoms with Gasteiger partial charge in [-0.25, -0.2) is 9.37 Å². The minimum atomic E-state index is -0.329. The Kier molecular flexibility index (Phi) is 6.73. The molecule has 33 heavy (non-hydrogen) atoms. The van der Waals surface area contributed by atoms with Crippen LogP contribution in [0.1, 0.15) is 47.8 Å². The molecule has 170 valence electrons. The van der Waals surface area contributed by atoms with Crippen LogP contribution in [-0.2, 0) is 6.54 Å². The molecule has 2 heterocycles. The molecule has 2 aromatic carbocycles. The highest BCUT2D eigenvalue weighted by Crippen LogP contribution is 2.28. The minimum Gasteiger partial charge on any atom is -0.508 e. The number of halogens is 1. The zero-order chi connectivity index (χ0) is 23.4. The Labute approximate surface area is 193 Å². The third kappa shape index (κ3) is 4.90. The molecular weight excluding hydrogens is 417 g/mol. The van der Waals surface area contributed by atoms with E-state index in [0.29, 0.717) is 30.1 Å². The summed E-state index contributed by atoms with van der Waals surface area (Å²) >= 11 is 0. The number of aryl methyl sites for hydroxylation is 1. The van der Waals surface area contributed by atoms with Crippen LogP contribution in [0.15, 0.2) is 66.9 Å². The van der Waals surface area contributed by atoms with E-state index < -0.39 is 0 Å². The predicted molar refractivity (Wildman–Crippen MR) is 128 cm³/mol. The maximum atomic E-state index is 13.9. The van der Waals surface area contributed by atoms with E-state index in [1.165, 1.54) is 12.1 Å². The van der Waals surface area contributed by atoms with Gasteiger partial charge in [-0.3, -0.25) is 9.20 Å². The summed E-state index contributed by atoms with van der Waals surface area (Å²) in [6, 6.07) is 17.2. The van der Waals surface area contributed by atoms with Crippen LogP contribution in [0.3, 0.4) is 0 Å². The molecule has 0 bridgehead atoms. The highest BCUT2D eigenvalue weighted by molar-refractivity contribution is 5.99. The number of carbonyl (C=O) groups excluding carboxylic acids is 1. The lowest BCUT2D eigenvalue weighted by Crippen LogP contribution is -2.32. The van der Waals surface area contributed by atoms with Gasteiger partial charge in [0, 0.05) is 24.8 Å². The van der Waals surface area contributed by atoms with Gasteiger partial charge >= 0.3 is 0 Å². The van der Waals surface area contributed by atoms with E-state index in [0.717, 1.165) is 36.0 Å². The second-order valence-corrected chi connectivity index (χ2v) is 8.30. The van der Waals surface area contributed by atoms with Crippen LogP contribution in [-0.4, -0.2) is 31.8 Å². The van der Waals surface area contributed by atoms with Crippen molar-refractivity contribution in [2.75, 3.05) is 6.54 Å². The Bertz CT molecular complexity index is 1260. The lowest BCUT2D eigenvalue weighted by molar-refractivity contribution is 0.0735. The average Bonchev–Trinajstić information content (AvgIpc) is 3.20. The molecule has 2 aromatic heterocycles. The summed E-state index contributed by atoms with van der Waals surface area (Å²) in [6.45, 7) is 4.99. The van der Waals surface area contributed by atoms with Crippen LogP contribution in [0.4, 0.5) is 4.39 Å². The second-order valence-electron chi connectivity index (χ2n) is 8.30. The SMILES string of the molecule is CCCCCN(Cc1ccc(O)c(C)c1)C(=O)c1nc2ccccn2c1-c1ccc(F)cc1. The molecule has 0 aliphatic carbocycles. The number of aromatic nitrogens is 2. The molecule has 1 N–H and O–H groups in total. The van der Waals surface area contributed by atoms with Gasteiger partial charge in [-0.1, -0.05) is 38.0 Å². The van der Waals surface area contributed by atoms with Crippen LogP contribution in [0.2, 0.25) is 0 Å². The number of hydrogen-bond donors (Lipinski definition) is 1. The zero-order valence-electron chi connectivity index (χ0n) is 19.0. The van der Waals surface area contributed by atoms with Crippen LogP contribution in [0.25, 0.3) is 16.9 Å². The minimum absolute atomic E-state index is 0.167. The Balaban J connectivity index is 1.76. The molecule has 0 aliphatic heterocycles. The quantitative estimate of drug-likeness (QED) is 0.339. The van der Waals surface area contributed by atoms with E-state index in [2.05, 4.69) is 11.9 Å². The van der Waals surface area contributed by atoms with Gasteiger partial charge in [0.1, 0.15) is 17.2 Å². The van der Waals surface area contributed by atoms with Crippen molar-refractivity contribution in [2.24, 2.45) is 0 Å². The van der Waals surface area contributed by atoms with Crippen molar-refractivity contribution in [3.8, 4) is 17.0 Å². The molecule has 0 aliphatic rings. The van der Waals surface area contributed by atoms with Crippen molar-refractivity contribution in [3.05, 3.63) is 89.5 Å². The number of rotatable bonds is 8. The molecule has 4 rings (SSSR count). The highest BCUT2D eigenvalue weighted by atomic mass is 19.1. The van der Waals surface area contributed by atoms with Gasteiger partial charge < -0.3 is 10.0 Å². The third-order valence-electron chi connectivity index (χ3n) is 5.80. The Morgan fingerprint density at radius 3 is 2.61 bits per heavy atom. The summed E-state index contributed by atoms with van der Waals surface area (Å²) in [4.78, 5) is 20.3. The summed E-state index contributed by atoms with van der Waals surface area (Å²) in [7, 11) is 0. The summed E-state index contributed by atoms with van der Waals surface area (Å²) in [5.74, 6) is -0.259. The Hall–Kier alpha value is -3.67. The summed E-state index contributed by atoms with van der Waals surface area (Å²) in [6.07, 6.45) is 4.82. The average molecular weight is 446 g/mol. The number of amides is 1. The number of benzene rings is 2. The lowest BCUT2D eigenvalue weighted by Gasteiger charge is -2.23. The van der Waals surface area contributed by atoms with Crippen molar-refractivity contribution in [1.82, 2.24) is 14.3 Å². The van der Waals surface area contributed by atoms with Crippen molar-refractivity contribution in [3.63, 3.8) is 0 Å². The third-order valence-corrected chi connectivity index (χ3v) is 5.80. The molecular formula is C27H28FN3O2. The number of hydrogen-bond acceptors (Lipinski definition) is 3. The van der Waals surface area contributed by atoms with Crippen LogP contribution in [0.5, 0.6) is 5.75 Å². The molecule has 0 saturated carbocycles. The van der Waals surface area contributed by atoms with E-state index >= 15 is 0 Å². The van der Waals surface area contributed by atoms with Crippen molar-refractivity contribution >= 4 is 11.6 Å². The number of imidazole rings is 1. The number of carbonyl (C=O) groups is 1. The van der Waals surface area contributed by atoms with Gasteiger partial charge in [0.2, 0.25) is 0 Å². The molecule has 0 radical (unpaired) electrons. The smallest absolute Gasteiger partial charge is 0.275 e. The van der Waals surface area contributed by atoms with Gasteiger partial charge in [0.15, 0.2) is 5.69 Å². The molecule has 0 unspecified atom stereocenters. The summed E-state index contributed by atoms with van der Waals surface area (Å²) in [5.41, 5.74) is 4.11. The van der Waals surface area contributed by atoms with Gasteiger partial charge in [-0.05, 0) is 66.9 Å². The predicted octanol–water partition coefficient (Wildman–Crippen LogP) is 5.99. The fourth-order valence-electron chi connectivity index (χ4n) is 4.02. The number of nitrogens with zero attached hydrogens (tertiary/aromatic N) is 3. The first-order chi connectivity index (χ1) is 16.0. The number of phenolic OH excluding ortho intramolecular Hbond substituents is 1. The van der Waals surface area contributed by atoms with E-state index in [9.17, 15) is 14.3 Å². The Morgan fingerprint density at radius 1 is 1.09 bits per heavy atom. The highest BCUT2D eigenvalue weighted by Gasteiger charge is 2.25. The molecule has 0 saturated heterocycles. The summed E-state index contributed by atoms with van der Waals surface area (Å²) in [5, 5.41) is 9.88. The molecule has 0 fully saturated rings. The topological polar surface area (TPSA) is 57.8 Å². The van der Waals surface area contributed by atoms with Crippen molar-refractivity contribution in [2.45, 2.75) is 39.7 Å². The van der Waals surface area contributed by atoms with Crippen LogP contribution in [0, 0.1) is 12.7 Å². The first kappa shape index (κ1) is 22.5. The number of unbranched alkanes of at least 4 members (excludes halogenated alkanes) is 2. The maximum Gasteiger partial charge on any atom is 0.275 e. The molecule has 0 atom stereocenters. The zero-order valence-corrected chi connectivity index (χ0v) is 19.0. The van der Waals surface area contributed by atoms with Gasteiger partial charge in [-0.15, -0.1) is 0 Å². The van der Waals surface area contributed by atoms with Crippen molar-refractivity contribution in [1.29, 1.82) is 0 Å². The number of pyridine rings is 1. The van der Waals surface area contributed by atoms with E-state index in [4.69, 9.17) is 0 Å². The van der Waals surface area contributed by atoms with Gasteiger partial charge in [-0.2, -0.15) is 0 Å². The van der Waals surface area contributed by atoms with E-state index in [1.807, 2.05) is 52.8 Å². The van der Waals surface area contributed by atoms with Crippen LogP contribution >= 0.6 is 0 Å². The summed E-state index contributed by atoms with van der Waals surface area (Å²) < 4.78 is 15.5. The number of aromatic hydroxyl groups is 1. The number of fused-ring (bicyclic) bond motifs is 1. The van der Waals surface area contributed by atoms with E-state index in [-0.39, 0.29) is 17.5 Å². The first-order valence-corrected chi connectivity index (χ1v) is 11.3. The molecule has 5 nitrogen and oxygen atoms in total. The second kappa shape index (κ2) is 9.86. The lowest BCUT2D eigenvalue weighted by atomic mass is 10.1. The largest absolute Gasteiger partial charge is 0.508 e. The van der Waals surface area contributed by atoms with Gasteiger partial charge in [0.05, 0.1) is 5.69 Å². The van der Waals surface area contributed by atoms with E-state index in [1.54, 1.807) is 18.2 Å². The number of phenols is 1. The monoisotopic (exact) mass is 445 g/mol. The fraction of sp³-hybridized carbons (Fsp3) is 0.259. The first-order valence-electron chi connectivity index (χ1n) is 11.3. The van der Waals surface area contributed by atoms with Crippen molar-refractivity contribution < 1.29 is 14.3 Å². The standard InChI is InChI=1S/C27H28FN3O2/c1-3-4-6-15-30(18-20-9-14-23(32)19(2)17-20)27(33)25-26(21-10-12-22(28)13-11-21)31-16-7-5-8-24(31)29-25/h5,7-14,16-17,32H,3-4,6,15,18H2,1-2H3. The van der Waals surface area contributed by atoms with Crippen LogP contribution < -0.4 is 0 Å². The molecule has 6 heteroatoms. The molecule has 4 aromatic rings. The molecule has 1 amide bonds. The fourth-order valence-corrected chi connectivity index (χ4v) is 4.02. The Morgan fingerprint density at radius 2 is 1.88 bits per heavy atom. The molecule has 0 spiro atoms. The van der Waals surface area contributed by atoms with Gasteiger partial charge in [0.25, 0.3) is 5.91 Å². The maximum absolute atomic E-state index is 13.9. The normalized spacial score (nSPS) is 11.1.